The molecule has 0 saturated carbocycles. The van der Waals surface area contributed by atoms with E-state index >= 15 is 0 Å². The molecule has 0 radical (unpaired) electrons. The third-order valence-corrected chi connectivity index (χ3v) is 9.06. The molecule has 208 valence electrons. The first-order chi connectivity index (χ1) is 19.1. The van der Waals surface area contributed by atoms with E-state index in [1.54, 1.807) is 7.11 Å². The van der Waals surface area contributed by atoms with Crippen molar-refractivity contribution in [2.75, 3.05) is 63.3 Å². The molecule has 1 aromatic carbocycles. The SMILES string of the molecule is COc1ccc2c(c1)CCCN2C1CCc2c(nc(OC[C@@H]3CCCN3C)nc2N2CCN[C@@H](CC#N)C2)C1. The average Bonchev–Trinajstić information content (AvgIpc) is 3.39. The Balaban J connectivity index is 1.28. The first kappa shape index (κ1) is 26.1. The van der Waals surface area contributed by atoms with Crippen LogP contribution in [0.4, 0.5) is 11.5 Å². The zero-order valence-electron chi connectivity index (χ0n) is 23.4. The van der Waals surface area contributed by atoms with E-state index < -0.39 is 0 Å². The van der Waals surface area contributed by atoms with Crippen LogP contribution < -0.4 is 24.6 Å². The second kappa shape index (κ2) is 11.6. The Kier molecular flexibility index (Phi) is 7.76. The van der Waals surface area contributed by atoms with Gasteiger partial charge in [0.25, 0.3) is 0 Å². The predicted octanol–water partition coefficient (Wildman–Crippen LogP) is 2.96. The Hall–Kier alpha value is -3.09. The Morgan fingerprint density at radius 1 is 1.13 bits per heavy atom. The highest BCUT2D eigenvalue weighted by Gasteiger charge is 2.33. The lowest BCUT2D eigenvalue weighted by molar-refractivity contribution is 0.187. The number of anilines is 2. The van der Waals surface area contributed by atoms with Crippen molar-refractivity contribution >= 4 is 11.5 Å². The average molecular weight is 532 g/mol. The second-order valence-corrected chi connectivity index (χ2v) is 11.5. The number of ether oxygens (including phenoxy) is 2. The Morgan fingerprint density at radius 2 is 2.05 bits per heavy atom. The van der Waals surface area contributed by atoms with Crippen LogP contribution >= 0.6 is 0 Å². The van der Waals surface area contributed by atoms with Crippen LogP contribution in [0.15, 0.2) is 18.2 Å². The van der Waals surface area contributed by atoms with E-state index in [1.165, 1.54) is 23.2 Å². The molecular weight excluding hydrogens is 490 g/mol. The lowest BCUT2D eigenvalue weighted by Gasteiger charge is -2.41. The smallest absolute Gasteiger partial charge is 0.318 e. The topological polar surface area (TPSA) is 89.8 Å². The van der Waals surface area contributed by atoms with E-state index in [-0.39, 0.29) is 6.04 Å². The number of benzene rings is 1. The molecule has 2 aromatic rings. The number of aryl methyl sites for hydroxylation is 1. The standard InChI is InChI=1S/C30H41N7O2/c1-35-14-4-6-24(35)20-39-30-33-27-18-23(37-15-3-5-21-17-25(38-2)8-10-28(21)37)7-9-26(27)29(34-30)36-16-13-32-22(19-36)11-12-31/h8,10,17,22-24,32H,3-7,9,11,13-16,18-20H2,1-2H3/t22-,23?,24-/m0/s1. The fraction of sp³-hybridized carbons (Fsp3) is 0.633. The van der Waals surface area contributed by atoms with Crippen molar-refractivity contribution in [2.45, 2.75) is 69.5 Å². The van der Waals surface area contributed by atoms with Gasteiger partial charge in [-0.2, -0.15) is 15.2 Å². The highest BCUT2D eigenvalue weighted by Crippen LogP contribution is 2.37. The fourth-order valence-electron chi connectivity index (χ4n) is 6.88. The molecule has 2 saturated heterocycles. The van der Waals surface area contributed by atoms with Crippen molar-refractivity contribution in [1.29, 1.82) is 5.26 Å². The van der Waals surface area contributed by atoms with Gasteiger partial charge >= 0.3 is 6.01 Å². The molecular formula is C30H41N7O2. The van der Waals surface area contributed by atoms with Crippen LogP contribution in [-0.4, -0.2) is 86.5 Å². The van der Waals surface area contributed by atoms with Crippen molar-refractivity contribution < 1.29 is 9.47 Å². The monoisotopic (exact) mass is 531 g/mol. The first-order valence-corrected chi connectivity index (χ1v) is 14.6. The summed E-state index contributed by atoms with van der Waals surface area (Å²) in [5.74, 6) is 1.95. The minimum Gasteiger partial charge on any atom is -0.497 e. The molecule has 3 aliphatic heterocycles. The van der Waals surface area contributed by atoms with Crippen LogP contribution in [0.2, 0.25) is 0 Å². The molecule has 1 aliphatic carbocycles. The number of nitrogens with one attached hydrogen (secondary N) is 1. The number of methoxy groups -OCH3 is 1. The van der Waals surface area contributed by atoms with Crippen LogP contribution in [0, 0.1) is 11.3 Å². The minimum absolute atomic E-state index is 0.157. The van der Waals surface area contributed by atoms with Crippen LogP contribution in [0.25, 0.3) is 0 Å². The lowest BCUT2D eigenvalue weighted by atomic mass is 9.88. The van der Waals surface area contributed by atoms with Gasteiger partial charge in [-0.3, -0.25) is 0 Å². The quantitative estimate of drug-likeness (QED) is 0.579. The molecule has 0 amide bonds. The maximum Gasteiger partial charge on any atom is 0.318 e. The van der Waals surface area contributed by atoms with Gasteiger partial charge in [-0.05, 0) is 75.9 Å². The normalized spacial score (nSPS) is 25.1. The van der Waals surface area contributed by atoms with Crippen LogP contribution in [0.1, 0.15) is 48.9 Å². The maximum absolute atomic E-state index is 9.29. The predicted molar refractivity (Wildman–Crippen MR) is 152 cm³/mol. The van der Waals surface area contributed by atoms with Gasteiger partial charge in [-0.15, -0.1) is 0 Å². The number of fused-ring (bicyclic) bond motifs is 2. The molecule has 3 atom stereocenters. The summed E-state index contributed by atoms with van der Waals surface area (Å²) in [6.45, 7) is 5.33. The number of aromatic nitrogens is 2. The van der Waals surface area contributed by atoms with E-state index in [9.17, 15) is 5.26 Å². The number of nitrogens with zero attached hydrogens (tertiary/aromatic N) is 6. The summed E-state index contributed by atoms with van der Waals surface area (Å²) in [6, 6.07) is 10.3. The summed E-state index contributed by atoms with van der Waals surface area (Å²) in [4.78, 5) is 17.4. The molecule has 1 aromatic heterocycles. The lowest BCUT2D eigenvalue weighted by Crippen LogP contribution is -2.51. The third kappa shape index (κ3) is 5.50. The van der Waals surface area contributed by atoms with E-state index in [4.69, 9.17) is 19.4 Å². The molecule has 9 heteroatoms. The number of piperazine rings is 1. The van der Waals surface area contributed by atoms with Gasteiger partial charge in [0.1, 0.15) is 18.2 Å². The van der Waals surface area contributed by atoms with Crippen molar-refractivity contribution in [3.05, 3.63) is 35.0 Å². The zero-order valence-corrected chi connectivity index (χ0v) is 23.4. The number of hydrogen-bond acceptors (Lipinski definition) is 9. The van der Waals surface area contributed by atoms with Gasteiger partial charge in [0.15, 0.2) is 0 Å². The van der Waals surface area contributed by atoms with E-state index in [0.29, 0.717) is 31.1 Å². The van der Waals surface area contributed by atoms with Crippen molar-refractivity contribution in [3.8, 4) is 17.8 Å². The van der Waals surface area contributed by atoms with Crippen molar-refractivity contribution in [2.24, 2.45) is 0 Å². The molecule has 9 nitrogen and oxygen atoms in total. The Bertz CT molecular complexity index is 1210. The second-order valence-electron chi connectivity index (χ2n) is 11.5. The summed E-state index contributed by atoms with van der Waals surface area (Å²) in [6.07, 6.45) is 8.05. The van der Waals surface area contributed by atoms with E-state index in [2.05, 4.69) is 51.3 Å². The number of hydrogen-bond donors (Lipinski definition) is 1. The molecule has 6 rings (SSSR count). The number of nitriles is 1. The summed E-state index contributed by atoms with van der Waals surface area (Å²) in [5, 5.41) is 12.8. The molecule has 0 spiro atoms. The summed E-state index contributed by atoms with van der Waals surface area (Å²) >= 11 is 0. The number of likely N-dealkylation sites (N-methyl/N-ethyl adjacent to an activating group) is 1. The highest BCUT2D eigenvalue weighted by atomic mass is 16.5. The van der Waals surface area contributed by atoms with Gasteiger partial charge in [0.05, 0.1) is 25.3 Å². The molecule has 0 bridgehead atoms. The minimum atomic E-state index is 0.157. The molecule has 4 aliphatic rings. The fourth-order valence-corrected chi connectivity index (χ4v) is 6.88. The van der Waals surface area contributed by atoms with Crippen molar-refractivity contribution in [1.82, 2.24) is 20.2 Å². The molecule has 39 heavy (non-hydrogen) atoms. The first-order valence-electron chi connectivity index (χ1n) is 14.6. The van der Waals surface area contributed by atoms with Crippen molar-refractivity contribution in [3.63, 3.8) is 0 Å². The van der Waals surface area contributed by atoms with Crippen LogP contribution in [0.5, 0.6) is 11.8 Å². The third-order valence-electron chi connectivity index (χ3n) is 9.06. The van der Waals surface area contributed by atoms with Crippen LogP contribution in [-0.2, 0) is 19.3 Å². The van der Waals surface area contributed by atoms with Gasteiger partial charge in [0, 0.05) is 62.0 Å². The Labute approximate surface area is 232 Å². The highest BCUT2D eigenvalue weighted by molar-refractivity contribution is 5.60. The number of rotatable bonds is 7. The van der Waals surface area contributed by atoms with Gasteiger partial charge < -0.3 is 29.5 Å². The summed E-state index contributed by atoms with van der Waals surface area (Å²) < 4.78 is 11.8. The number of likely N-dealkylation sites (tertiary alicyclic amines) is 1. The van der Waals surface area contributed by atoms with E-state index in [0.717, 1.165) is 88.5 Å². The molecule has 2 fully saturated rings. The summed E-state index contributed by atoms with van der Waals surface area (Å²) in [7, 11) is 3.91. The van der Waals surface area contributed by atoms with Gasteiger partial charge in [-0.25, -0.2) is 0 Å². The molecule has 4 heterocycles. The zero-order chi connectivity index (χ0) is 26.8. The summed E-state index contributed by atoms with van der Waals surface area (Å²) in [5.41, 5.74) is 5.11. The molecule has 1 N–H and O–H groups in total. The van der Waals surface area contributed by atoms with E-state index in [1.807, 2.05) is 0 Å². The van der Waals surface area contributed by atoms with Crippen LogP contribution in [0.3, 0.4) is 0 Å². The Morgan fingerprint density at radius 3 is 2.87 bits per heavy atom. The van der Waals surface area contributed by atoms with Gasteiger partial charge in [0.2, 0.25) is 0 Å². The molecule has 1 unspecified atom stereocenters. The maximum atomic E-state index is 9.29. The largest absolute Gasteiger partial charge is 0.497 e. The van der Waals surface area contributed by atoms with Gasteiger partial charge in [-0.1, -0.05) is 0 Å².